The van der Waals surface area contributed by atoms with Gasteiger partial charge in [-0.25, -0.2) is 4.79 Å². The Hall–Kier alpha value is -1.25. The third kappa shape index (κ3) is 6.33. The third-order valence-electron chi connectivity index (χ3n) is 3.03. The van der Waals surface area contributed by atoms with Crippen molar-refractivity contribution in [1.29, 1.82) is 0 Å². The quantitative estimate of drug-likeness (QED) is 0.589. The average Bonchev–Trinajstić information content (AvgIpc) is 2.40. The van der Waals surface area contributed by atoms with Crippen LogP contribution in [-0.2, 0) is 25.6 Å². The van der Waals surface area contributed by atoms with Gasteiger partial charge in [0, 0.05) is 0 Å². The summed E-state index contributed by atoms with van der Waals surface area (Å²) in [7, 11) is -4.14. The van der Waals surface area contributed by atoms with Gasteiger partial charge in [-0.1, -0.05) is 12.1 Å². The minimum Gasteiger partial charge on any atom is -0.442 e. The highest BCUT2D eigenvalue weighted by Gasteiger charge is 2.24. The van der Waals surface area contributed by atoms with Gasteiger partial charge >= 0.3 is 16.2 Å². The molecule has 0 aliphatic heterocycles. The molecule has 0 atom stereocenters. The molecule has 0 aromatic heterocycles. The van der Waals surface area contributed by atoms with Crippen LogP contribution in [0.25, 0.3) is 0 Å². The zero-order chi connectivity index (χ0) is 18.5. The molecule has 1 amide bonds. The van der Waals surface area contributed by atoms with Crippen molar-refractivity contribution in [1.82, 2.24) is 5.48 Å². The molecule has 1 aromatic rings. The molecule has 8 heteroatoms. The van der Waals surface area contributed by atoms with Gasteiger partial charge in [0.1, 0.15) is 10.5 Å². The van der Waals surface area contributed by atoms with Crippen molar-refractivity contribution < 1.29 is 22.2 Å². The van der Waals surface area contributed by atoms with Gasteiger partial charge in [0.05, 0.1) is 0 Å². The van der Waals surface area contributed by atoms with Crippen LogP contribution in [0.1, 0.15) is 43.9 Å². The van der Waals surface area contributed by atoms with E-state index in [1.165, 1.54) is 0 Å². The van der Waals surface area contributed by atoms with Crippen molar-refractivity contribution in [3.05, 3.63) is 28.8 Å². The number of hydrogen-bond donors (Lipinski definition) is 2. The Labute approximate surface area is 149 Å². The molecule has 0 aliphatic rings. The fraction of sp³-hybridized carbons (Fsp3) is 0.562. The van der Waals surface area contributed by atoms with E-state index in [2.05, 4.69) is 16.9 Å². The lowest BCUT2D eigenvalue weighted by molar-refractivity contribution is 0.0298. The molecular weight excluding hydrogens is 350 g/mol. The molecule has 1 N–H and O–H groups in total. The Morgan fingerprint density at radius 1 is 1.21 bits per heavy atom. The second kappa shape index (κ2) is 8.22. The number of amides is 1. The number of carbonyl (C=O) groups is 1. The first-order valence-corrected chi connectivity index (χ1v) is 9.64. The molecule has 24 heavy (non-hydrogen) atoms. The zero-order valence-electron chi connectivity index (χ0n) is 14.7. The fourth-order valence-electron chi connectivity index (χ4n) is 2.29. The number of rotatable bonds is 6. The summed E-state index contributed by atoms with van der Waals surface area (Å²) < 4.78 is 34.3. The Morgan fingerprint density at radius 2 is 1.75 bits per heavy atom. The number of carbonyl (C=O) groups excluding carboxylic acids is 1. The van der Waals surface area contributed by atoms with E-state index >= 15 is 0 Å². The van der Waals surface area contributed by atoms with Gasteiger partial charge in [-0.05, 0) is 69.9 Å². The van der Waals surface area contributed by atoms with Crippen molar-refractivity contribution in [2.75, 3.05) is 5.75 Å². The summed E-state index contributed by atoms with van der Waals surface area (Å²) >= 11 is 4.18. The Morgan fingerprint density at radius 3 is 2.21 bits per heavy atom. The second-order valence-corrected chi connectivity index (χ2v) is 8.46. The molecule has 1 rings (SSSR count). The molecule has 0 fully saturated rings. The topological polar surface area (TPSA) is 81.7 Å². The minimum atomic E-state index is -4.14. The molecule has 0 aliphatic carbocycles. The summed E-state index contributed by atoms with van der Waals surface area (Å²) in [5.41, 5.74) is 3.24. The van der Waals surface area contributed by atoms with Crippen LogP contribution in [-0.4, -0.2) is 25.9 Å². The molecule has 0 saturated carbocycles. The van der Waals surface area contributed by atoms with Gasteiger partial charge in [-0.15, -0.1) is 4.28 Å². The van der Waals surface area contributed by atoms with Crippen LogP contribution in [0.5, 0.6) is 0 Å². The molecule has 6 nitrogen and oxygen atoms in total. The maximum absolute atomic E-state index is 12.4. The fourth-order valence-corrected chi connectivity index (χ4v) is 3.62. The summed E-state index contributed by atoms with van der Waals surface area (Å²) in [4.78, 5) is 11.6. The monoisotopic (exact) mass is 375 g/mol. The van der Waals surface area contributed by atoms with E-state index in [9.17, 15) is 13.2 Å². The van der Waals surface area contributed by atoms with Crippen molar-refractivity contribution >= 4 is 28.8 Å². The highest BCUT2D eigenvalue weighted by Crippen LogP contribution is 2.24. The molecule has 0 bridgehead atoms. The Kier molecular flexibility index (Phi) is 7.12. The van der Waals surface area contributed by atoms with Crippen LogP contribution in [0.4, 0.5) is 4.79 Å². The Balaban J connectivity index is 2.93. The number of hydroxylamine groups is 1. The summed E-state index contributed by atoms with van der Waals surface area (Å²) in [6.07, 6.45) is 0.764. The number of aryl methyl sites for hydroxylation is 3. The summed E-state index contributed by atoms with van der Waals surface area (Å²) in [5, 5.41) is 0. The number of thiol groups is 1. The van der Waals surface area contributed by atoms with Crippen molar-refractivity contribution in [2.24, 2.45) is 0 Å². The van der Waals surface area contributed by atoms with Crippen molar-refractivity contribution in [2.45, 2.75) is 58.0 Å². The van der Waals surface area contributed by atoms with E-state index < -0.39 is 21.8 Å². The zero-order valence-corrected chi connectivity index (χ0v) is 16.4. The van der Waals surface area contributed by atoms with Crippen LogP contribution in [0.3, 0.4) is 0 Å². The first-order valence-electron chi connectivity index (χ1n) is 7.60. The SMILES string of the molecule is Cc1cc(CCCS)cc(C)c1S(=O)(=O)ONC(=O)OC(C)(C)C. The number of ether oxygens (including phenoxy) is 1. The van der Waals surface area contributed by atoms with E-state index in [0.717, 1.165) is 24.2 Å². The molecule has 0 saturated heterocycles. The molecule has 136 valence electrons. The van der Waals surface area contributed by atoms with Crippen LogP contribution in [0, 0.1) is 13.8 Å². The minimum absolute atomic E-state index is 0.0492. The third-order valence-corrected chi connectivity index (χ3v) is 4.79. The number of benzene rings is 1. The van der Waals surface area contributed by atoms with E-state index in [1.807, 2.05) is 5.48 Å². The number of nitrogens with one attached hydrogen (secondary N) is 1. The molecule has 0 spiro atoms. The second-order valence-electron chi connectivity index (χ2n) is 6.53. The van der Waals surface area contributed by atoms with Crippen molar-refractivity contribution in [3.8, 4) is 0 Å². The molecular formula is C16H25NO5S2. The smallest absolute Gasteiger partial charge is 0.432 e. The van der Waals surface area contributed by atoms with Gasteiger partial charge in [0.2, 0.25) is 0 Å². The van der Waals surface area contributed by atoms with E-state index in [-0.39, 0.29) is 4.90 Å². The average molecular weight is 376 g/mol. The lowest BCUT2D eigenvalue weighted by Crippen LogP contribution is -2.34. The van der Waals surface area contributed by atoms with Gasteiger partial charge in [0.25, 0.3) is 0 Å². The van der Waals surface area contributed by atoms with Gasteiger partial charge < -0.3 is 4.74 Å². The van der Waals surface area contributed by atoms with Crippen LogP contribution in [0.2, 0.25) is 0 Å². The van der Waals surface area contributed by atoms with Gasteiger partial charge in [-0.3, -0.25) is 0 Å². The highest BCUT2D eigenvalue weighted by molar-refractivity contribution is 7.86. The predicted octanol–water partition coefficient (Wildman–Crippen LogP) is 3.31. The first-order chi connectivity index (χ1) is 11.0. The van der Waals surface area contributed by atoms with E-state index in [4.69, 9.17) is 4.74 Å². The van der Waals surface area contributed by atoms with E-state index in [0.29, 0.717) is 11.1 Å². The summed E-state index contributed by atoms with van der Waals surface area (Å²) in [6, 6.07) is 3.61. The molecule has 1 aromatic carbocycles. The summed E-state index contributed by atoms with van der Waals surface area (Å²) in [6.45, 7) is 8.39. The lowest BCUT2D eigenvalue weighted by atomic mass is 10.0. The van der Waals surface area contributed by atoms with E-state index in [1.54, 1.807) is 46.8 Å². The highest BCUT2D eigenvalue weighted by atomic mass is 32.2. The van der Waals surface area contributed by atoms with Crippen LogP contribution >= 0.6 is 12.6 Å². The molecule has 0 radical (unpaired) electrons. The van der Waals surface area contributed by atoms with Crippen LogP contribution in [0.15, 0.2) is 17.0 Å². The normalized spacial score (nSPS) is 12.1. The number of hydrogen-bond acceptors (Lipinski definition) is 6. The van der Waals surface area contributed by atoms with Crippen molar-refractivity contribution in [3.63, 3.8) is 0 Å². The van der Waals surface area contributed by atoms with Crippen LogP contribution < -0.4 is 5.48 Å². The predicted molar refractivity (Wildman–Crippen MR) is 95.7 cm³/mol. The maximum atomic E-state index is 12.4. The lowest BCUT2D eigenvalue weighted by Gasteiger charge is -2.19. The molecule has 0 unspecified atom stereocenters. The standard InChI is InChI=1S/C16H25NO5S2/c1-11-9-13(7-6-8-23)10-12(2)14(11)24(19,20)22-17-15(18)21-16(3,4)5/h9-10,23H,6-8H2,1-5H3,(H,17,18). The van der Waals surface area contributed by atoms with Gasteiger partial charge in [0.15, 0.2) is 0 Å². The largest absolute Gasteiger partial charge is 0.442 e. The molecule has 0 heterocycles. The maximum Gasteiger partial charge on any atom is 0.432 e. The van der Waals surface area contributed by atoms with Gasteiger partial charge in [-0.2, -0.15) is 26.5 Å². The summed E-state index contributed by atoms with van der Waals surface area (Å²) in [5.74, 6) is 0.765. The first kappa shape index (κ1) is 20.8. The Bertz CT molecular complexity index is 670.